The molecular formula is C14H21N3O2. The first-order valence-electron chi connectivity index (χ1n) is 6.99. The van der Waals surface area contributed by atoms with Crippen LogP contribution in [-0.4, -0.2) is 28.8 Å². The second-order valence-corrected chi connectivity index (χ2v) is 5.76. The minimum atomic E-state index is -0.198. The second kappa shape index (κ2) is 4.89. The topological polar surface area (TPSA) is 80.4 Å². The predicted octanol–water partition coefficient (Wildman–Crippen LogP) is 1.78. The largest absolute Gasteiger partial charge is 0.476 e. The molecular weight excluding hydrogens is 242 g/mol. The number of aliphatic hydroxyl groups excluding tert-OH is 1. The fourth-order valence-electron chi connectivity index (χ4n) is 2.32. The van der Waals surface area contributed by atoms with Gasteiger partial charge in [-0.15, -0.1) is 0 Å². The van der Waals surface area contributed by atoms with Crippen molar-refractivity contribution < 1.29 is 9.84 Å². The van der Waals surface area contributed by atoms with Gasteiger partial charge in [-0.1, -0.05) is 0 Å². The van der Waals surface area contributed by atoms with Gasteiger partial charge in [-0.25, -0.2) is 0 Å². The fourth-order valence-corrected chi connectivity index (χ4v) is 2.32. The van der Waals surface area contributed by atoms with E-state index in [-0.39, 0.29) is 12.1 Å². The molecule has 0 amide bonds. The van der Waals surface area contributed by atoms with Crippen LogP contribution in [0.1, 0.15) is 32.1 Å². The van der Waals surface area contributed by atoms with E-state index in [1.165, 1.54) is 12.8 Å². The lowest BCUT2D eigenvalue weighted by molar-refractivity contribution is 0.143. The number of ether oxygens (including phenoxy) is 1. The molecule has 0 bridgehead atoms. The molecule has 19 heavy (non-hydrogen) atoms. The molecule has 1 aromatic heterocycles. The monoisotopic (exact) mass is 263 g/mol. The third-order valence-electron chi connectivity index (χ3n) is 4.05. The van der Waals surface area contributed by atoms with E-state index in [1.54, 1.807) is 6.07 Å². The lowest BCUT2D eigenvalue weighted by Gasteiger charge is -2.41. The molecule has 0 atom stereocenters. The molecule has 1 heterocycles. The van der Waals surface area contributed by atoms with Crippen molar-refractivity contribution in [1.82, 2.24) is 4.98 Å². The fraction of sp³-hybridized carbons (Fsp3) is 0.643. The molecule has 2 aliphatic rings. The maximum atomic E-state index is 9.46. The quantitative estimate of drug-likeness (QED) is 0.729. The Hall–Kier alpha value is -1.49. The summed E-state index contributed by atoms with van der Waals surface area (Å²) >= 11 is 0. The number of hydrogen-bond donors (Lipinski definition) is 3. The number of rotatable bonds is 6. The van der Waals surface area contributed by atoms with Crippen LogP contribution in [0, 0.1) is 5.92 Å². The van der Waals surface area contributed by atoms with E-state index in [4.69, 9.17) is 10.5 Å². The summed E-state index contributed by atoms with van der Waals surface area (Å²) in [6.45, 7) is 0.836. The molecule has 2 saturated carbocycles. The van der Waals surface area contributed by atoms with Gasteiger partial charge >= 0.3 is 0 Å². The number of anilines is 2. The van der Waals surface area contributed by atoms with Crippen LogP contribution in [0.25, 0.3) is 0 Å². The molecule has 0 aliphatic heterocycles. The normalized spacial score (nSPS) is 20.7. The first kappa shape index (κ1) is 12.5. The smallest absolute Gasteiger partial charge is 0.239 e. The van der Waals surface area contributed by atoms with Gasteiger partial charge in [0.15, 0.2) is 0 Å². The van der Waals surface area contributed by atoms with Crippen molar-refractivity contribution in [2.75, 3.05) is 24.3 Å². The molecule has 0 unspecified atom stereocenters. The van der Waals surface area contributed by atoms with Crippen molar-refractivity contribution in [1.29, 1.82) is 0 Å². The van der Waals surface area contributed by atoms with Crippen molar-refractivity contribution in [3.05, 3.63) is 12.1 Å². The highest BCUT2D eigenvalue weighted by molar-refractivity contribution is 5.54. The van der Waals surface area contributed by atoms with Crippen LogP contribution < -0.4 is 15.8 Å². The summed E-state index contributed by atoms with van der Waals surface area (Å²) in [5.41, 5.74) is 6.24. The first-order valence-corrected chi connectivity index (χ1v) is 6.99. The summed E-state index contributed by atoms with van der Waals surface area (Å²) < 4.78 is 5.66. The minimum Gasteiger partial charge on any atom is -0.476 e. The zero-order valence-electron chi connectivity index (χ0n) is 11.1. The maximum absolute atomic E-state index is 9.46. The van der Waals surface area contributed by atoms with Gasteiger partial charge in [-0.05, 0) is 50.2 Å². The highest BCUT2D eigenvalue weighted by Gasteiger charge is 2.36. The molecule has 5 nitrogen and oxygen atoms in total. The van der Waals surface area contributed by atoms with Gasteiger partial charge in [0.25, 0.3) is 0 Å². The Morgan fingerprint density at radius 3 is 2.79 bits per heavy atom. The average Bonchev–Trinajstić information content (AvgIpc) is 3.18. The average molecular weight is 263 g/mol. The third kappa shape index (κ3) is 2.76. The second-order valence-electron chi connectivity index (χ2n) is 5.76. The molecule has 3 rings (SSSR count). The molecule has 0 radical (unpaired) electrons. The molecule has 1 aromatic rings. The Bertz CT molecular complexity index is 450. The molecule has 5 heteroatoms. The molecule has 104 valence electrons. The van der Waals surface area contributed by atoms with Gasteiger partial charge in [-0.3, -0.25) is 0 Å². The number of aromatic nitrogens is 1. The molecule has 0 aromatic carbocycles. The van der Waals surface area contributed by atoms with E-state index in [0.29, 0.717) is 24.1 Å². The van der Waals surface area contributed by atoms with Crippen LogP contribution in [0.15, 0.2) is 12.1 Å². The van der Waals surface area contributed by atoms with Crippen LogP contribution >= 0.6 is 0 Å². The predicted molar refractivity (Wildman–Crippen MR) is 74.2 cm³/mol. The van der Waals surface area contributed by atoms with Crippen molar-refractivity contribution in [2.45, 2.75) is 37.6 Å². The van der Waals surface area contributed by atoms with Crippen LogP contribution in [0.5, 0.6) is 5.88 Å². The lowest BCUT2D eigenvalue weighted by atomic mass is 9.77. The van der Waals surface area contributed by atoms with E-state index < -0.39 is 0 Å². The summed E-state index contributed by atoms with van der Waals surface area (Å²) in [7, 11) is 0. The number of nitrogen functional groups attached to an aromatic ring is 1. The van der Waals surface area contributed by atoms with Crippen molar-refractivity contribution in [2.24, 2.45) is 5.92 Å². The van der Waals surface area contributed by atoms with Gasteiger partial charge in [0, 0.05) is 0 Å². The van der Waals surface area contributed by atoms with Gasteiger partial charge in [-0.2, -0.15) is 4.98 Å². The number of nitrogens with one attached hydrogen (secondary N) is 1. The van der Waals surface area contributed by atoms with Crippen LogP contribution in [0.4, 0.5) is 11.5 Å². The Balaban J connectivity index is 1.68. The molecule has 0 saturated heterocycles. The maximum Gasteiger partial charge on any atom is 0.239 e. The van der Waals surface area contributed by atoms with Gasteiger partial charge < -0.3 is 20.9 Å². The van der Waals surface area contributed by atoms with Gasteiger partial charge in [0.2, 0.25) is 5.88 Å². The van der Waals surface area contributed by atoms with Crippen molar-refractivity contribution in [3.8, 4) is 5.88 Å². The van der Waals surface area contributed by atoms with E-state index in [1.807, 2.05) is 6.07 Å². The van der Waals surface area contributed by atoms with E-state index in [9.17, 15) is 5.11 Å². The Kier molecular flexibility index (Phi) is 3.22. The molecule has 2 aliphatic carbocycles. The van der Waals surface area contributed by atoms with Crippen molar-refractivity contribution in [3.63, 3.8) is 0 Å². The summed E-state index contributed by atoms with van der Waals surface area (Å²) in [6.07, 6.45) is 5.59. The zero-order chi connectivity index (χ0) is 13.3. The van der Waals surface area contributed by atoms with Crippen LogP contribution in [0.3, 0.4) is 0 Å². The van der Waals surface area contributed by atoms with E-state index in [2.05, 4.69) is 10.3 Å². The number of nitrogens with two attached hydrogens (primary N) is 1. The third-order valence-corrected chi connectivity index (χ3v) is 4.05. The number of nitrogens with zero attached hydrogens (tertiary/aromatic N) is 1. The summed E-state index contributed by atoms with van der Waals surface area (Å²) in [4.78, 5) is 4.42. The SMILES string of the molecule is Nc1ccc(NC2(CO)CCC2)nc1OCC1CC1. The molecule has 2 fully saturated rings. The summed E-state index contributed by atoms with van der Waals surface area (Å²) in [5.74, 6) is 1.91. The standard InChI is InChI=1S/C14H21N3O2/c15-11-4-5-12(17-14(9-18)6-1-7-14)16-13(11)19-8-10-2-3-10/h4-5,10,18H,1-3,6-9,15H2,(H,16,17). The van der Waals surface area contributed by atoms with Crippen LogP contribution in [0.2, 0.25) is 0 Å². The van der Waals surface area contributed by atoms with Gasteiger partial charge in [0.05, 0.1) is 24.4 Å². The number of aliphatic hydroxyl groups is 1. The first-order chi connectivity index (χ1) is 9.21. The highest BCUT2D eigenvalue weighted by atomic mass is 16.5. The number of hydrogen-bond acceptors (Lipinski definition) is 5. The Labute approximate surface area is 113 Å². The van der Waals surface area contributed by atoms with Crippen molar-refractivity contribution >= 4 is 11.5 Å². The molecule has 0 spiro atoms. The van der Waals surface area contributed by atoms with E-state index >= 15 is 0 Å². The summed E-state index contributed by atoms with van der Waals surface area (Å²) in [6, 6.07) is 3.65. The lowest BCUT2D eigenvalue weighted by Crippen LogP contribution is -2.48. The van der Waals surface area contributed by atoms with E-state index in [0.717, 1.165) is 25.1 Å². The van der Waals surface area contributed by atoms with Crippen LogP contribution in [-0.2, 0) is 0 Å². The highest BCUT2D eigenvalue weighted by Crippen LogP contribution is 2.35. The Morgan fingerprint density at radius 2 is 2.21 bits per heavy atom. The summed E-state index contributed by atoms with van der Waals surface area (Å²) in [5, 5.41) is 12.8. The zero-order valence-corrected chi connectivity index (χ0v) is 11.1. The minimum absolute atomic E-state index is 0.136. The van der Waals surface area contributed by atoms with Gasteiger partial charge in [0.1, 0.15) is 5.82 Å². The Morgan fingerprint density at radius 1 is 1.42 bits per heavy atom. The number of pyridine rings is 1. The molecule has 4 N–H and O–H groups in total.